The Morgan fingerprint density at radius 1 is 1.56 bits per heavy atom. The first-order valence-corrected chi connectivity index (χ1v) is 5.63. The van der Waals surface area contributed by atoms with Gasteiger partial charge in [-0.3, -0.25) is 4.79 Å². The van der Waals surface area contributed by atoms with Crippen LogP contribution in [0.25, 0.3) is 5.65 Å². The molecule has 2 aromatic rings. The van der Waals surface area contributed by atoms with E-state index in [1.807, 2.05) is 10.6 Å². The first-order chi connectivity index (χ1) is 7.81. The normalized spacial score (nSPS) is 20.6. The second-order valence-corrected chi connectivity index (χ2v) is 4.27. The minimum absolute atomic E-state index is 0.0329. The fourth-order valence-electron chi connectivity index (χ4n) is 2.22. The van der Waals surface area contributed by atoms with Gasteiger partial charge in [0.15, 0.2) is 5.43 Å². The van der Waals surface area contributed by atoms with Crippen LogP contribution in [0.15, 0.2) is 29.3 Å². The maximum Gasteiger partial charge on any atom is 0.183 e. The molecule has 4 nitrogen and oxygen atoms in total. The van der Waals surface area contributed by atoms with Crippen LogP contribution in [-0.2, 0) is 11.2 Å². The van der Waals surface area contributed by atoms with Crippen molar-refractivity contribution in [3.05, 3.63) is 40.4 Å². The van der Waals surface area contributed by atoms with Crippen LogP contribution in [0.3, 0.4) is 0 Å². The van der Waals surface area contributed by atoms with Crippen molar-refractivity contribution in [1.29, 1.82) is 0 Å². The molecule has 0 aliphatic carbocycles. The van der Waals surface area contributed by atoms with Crippen LogP contribution in [0.2, 0.25) is 0 Å². The van der Waals surface area contributed by atoms with E-state index < -0.39 is 0 Å². The maximum atomic E-state index is 11.2. The summed E-state index contributed by atoms with van der Waals surface area (Å²) in [5.74, 6) is 0. The zero-order valence-corrected chi connectivity index (χ0v) is 8.98. The minimum atomic E-state index is 0.0329. The molecule has 1 N–H and O–H groups in total. The van der Waals surface area contributed by atoms with Gasteiger partial charge in [-0.05, 0) is 12.8 Å². The maximum absolute atomic E-state index is 11.2. The lowest BCUT2D eigenvalue weighted by Gasteiger charge is -2.05. The van der Waals surface area contributed by atoms with Gasteiger partial charge in [0.05, 0.1) is 6.10 Å². The zero-order valence-electron chi connectivity index (χ0n) is 8.98. The van der Waals surface area contributed by atoms with Crippen molar-refractivity contribution in [1.82, 2.24) is 9.38 Å². The lowest BCUT2D eigenvalue weighted by atomic mass is 10.1. The average molecular weight is 218 g/mol. The number of fused-ring (bicyclic) bond motifs is 1. The molecule has 0 amide bonds. The third kappa shape index (κ3) is 1.76. The fourth-order valence-corrected chi connectivity index (χ4v) is 2.22. The summed E-state index contributed by atoms with van der Waals surface area (Å²) in [6, 6.07) is 3.18. The Kier molecular flexibility index (Phi) is 2.29. The van der Waals surface area contributed by atoms with Crippen LogP contribution in [-0.4, -0.2) is 22.1 Å². The van der Waals surface area contributed by atoms with Crippen molar-refractivity contribution in [3.8, 4) is 0 Å². The third-order valence-corrected chi connectivity index (χ3v) is 3.01. The average Bonchev–Trinajstić information content (AvgIpc) is 2.86. The van der Waals surface area contributed by atoms with Crippen molar-refractivity contribution in [2.24, 2.45) is 0 Å². The summed E-state index contributed by atoms with van der Waals surface area (Å²) in [6.07, 6.45) is 7.33. The summed E-state index contributed by atoms with van der Waals surface area (Å²) in [6.45, 7) is 0.878. The number of rotatable bonds is 2. The van der Waals surface area contributed by atoms with E-state index >= 15 is 0 Å². The number of aromatic nitrogens is 2. The Balaban J connectivity index is 1.89. The number of H-pyrrole nitrogens is 1. The molecule has 2 aromatic heterocycles. The van der Waals surface area contributed by atoms with Crippen molar-refractivity contribution in [2.45, 2.75) is 25.4 Å². The summed E-state index contributed by atoms with van der Waals surface area (Å²) in [5, 5.41) is 0. The Bertz CT molecular complexity index is 549. The van der Waals surface area contributed by atoms with E-state index in [0.29, 0.717) is 6.10 Å². The molecular weight excluding hydrogens is 204 g/mol. The summed E-state index contributed by atoms with van der Waals surface area (Å²) < 4.78 is 7.52. The number of hydrogen-bond donors (Lipinski definition) is 1. The van der Waals surface area contributed by atoms with Gasteiger partial charge in [-0.1, -0.05) is 0 Å². The van der Waals surface area contributed by atoms with E-state index in [1.165, 1.54) is 0 Å². The summed E-state index contributed by atoms with van der Waals surface area (Å²) >= 11 is 0. The van der Waals surface area contributed by atoms with Gasteiger partial charge in [-0.25, -0.2) is 0 Å². The fraction of sp³-hybridized carbons (Fsp3) is 0.417. The van der Waals surface area contributed by atoms with E-state index in [4.69, 9.17) is 4.74 Å². The van der Waals surface area contributed by atoms with Gasteiger partial charge in [0.1, 0.15) is 5.65 Å². The molecule has 3 rings (SSSR count). The van der Waals surface area contributed by atoms with Crippen LogP contribution in [0.1, 0.15) is 18.5 Å². The minimum Gasteiger partial charge on any atom is -0.378 e. The molecule has 1 fully saturated rings. The van der Waals surface area contributed by atoms with Gasteiger partial charge >= 0.3 is 0 Å². The molecule has 1 aliphatic rings. The van der Waals surface area contributed by atoms with E-state index in [1.54, 1.807) is 18.3 Å². The quantitative estimate of drug-likeness (QED) is 0.827. The molecule has 1 saturated heterocycles. The second-order valence-electron chi connectivity index (χ2n) is 4.27. The van der Waals surface area contributed by atoms with Gasteiger partial charge in [-0.2, -0.15) is 0 Å². The third-order valence-electron chi connectivity index (χ3n) is 3.01. The topological polar surface area (TPSA) is 46.5 Å². The number of ether oxygens (including phenoxy) is 1. The molecule has 1 unspecified atom stereocenters. The van der Waals surface area contributed by atoms with Gasteiger partial charge < -0.3 is 14.1 Å². The van der Waals surface area contributed by atoms with Gasteiger partial charge in [-0.15, -0.1) is 0 Å². The highest BCUT2D eigenvalue weighted by Crippen LogP contribution is 2.16. The molecule has 84 valence electrons. The predicted octanol–water partition coefficient (Wildman–Crippen LogP) is 1.35. The summed E-state index contributed by atoms with van der Waals surface area (Å²) in [4.78, 5) is 14.4. The largest absolute Gasteiger partial charge is 0.378 e. The Hall–Kier alpha value is -1.55. The first kappa shape index (κ1) is 9.66. The standard InChI is InChI=1S/C12H14N2O2/c15-10-3-4-14-8-9(13-12(14)7-10)6-11-2-1-5-16-11/h3-4,7-8,11,13H,1-2,5-6H2. The predicted molar refractivity (Wildman–Crippen MR) is 60.7 cm³/mol. The lowest BCUT2D eigenvalue weighted by Crippen LogP contribution is -2.08. The van der Waals surface area contributed by atoms with Crippen LogP contribution in [0.4, 0.5) is 0 Å². The van der Waals surface area contributed by atoms with E-state index in [-0.39, 0.29) is 5.43 Å². The van der Waals surface area contributed by atoms with Gasteiger partial charge in [0, 0.05) is 43.2 Å². The number of hydrogen-bond acceptors (Lipinski definition) is 2. The van der Waals surface area contributed by atoms with Crippen LogP contribution < -0.4 is 5.43 Å². The Labute approximate surface area is 92.9 Å². The number of aromatic amines is 1. The van der Waals surface area contributed by atoms with Crippen LogP contribution in [0.5, 0.6) is 0 Å². The zero-order chi connectivity index (χ0) is 11.0. The smallest absolute Gasteiger partial charge is 0.183 e. The molecule has 1 aliphatic heterocycles. The van der Waals surface area contributed by atoms with Gasteiger partial charge in [0.2, 0.25) is 0 Å². The highest BCUT2D eigenvalue weighted by Gasteiger charge is 2.16. The monoisotopic (exact) mass is 218 g/mol. The number of nitrogens with zero attached hydrogens (tertiary/aromatic N) is 1. The highest BCUT2D eigenvalue weighted by atomic mass is 16.5. The SMILES string of the molecule is O=c1ccn2cc(CC3CCCO3)[nH]c2c1. The molecule has 0 saturated carbocycles. The Morgan fingerprint density at radius 3 is 3.31 bits per heavy atom. The summed E-state index contributed by atoms with van der Waals surface area (Å²) in [5.41, 5.74) is 2.00. The van der Waals surface area contributed by atoms with Crippen molar-refractivity contribution >= 4 is 5.65 Å². The van der Waals surface area contributed by atoms with E-state index in [9.17, 15) is 4.79 Å². The molecule has 0 bridgehead atoms. The number of pyridine rings is 1. The lowest BCUT2D eigenvalue weighted by molar-refractivity contribution is 0.111. The molecule has 0 spiro atoms. The number of imidazole rings is 1. The molecule has 0 radical (unpaired) electrons. The second kappa shape index (κ2) is 3.79. The van der Waals surface area contributed by atoms with Crippen molar-refractivity contribution in [2.75, 3.05) is 6.61 Å². The molecule has 4 heteroatoms. The highest BCUT2D eigenvalue weighted by molar-refractivity contribution is 5.39. The van der Waals surface area contributed by atoms with Gasteiger partial charge in [0.25, 0.3) is 0 Å². The molecule has 16 heavy (non-hydrogen) atoms. The molecular formula is C12H14N2O2. The molecule has 1 atom stereocenters. The molecule has 0 aromatic carbocycles. The first-order valence-electron chi connectivity index (χ1n) is 5.63. The molecule has 3 heterocycles. The van der Waals surface area contributed by atoms with E-state index in [0.717, 1.165) is 37.2 Å². The summed E-state index contributed by atoms with van der Waals surface area (Å²) in [7, 11) is 0. The van der Waals surface area contributed by atoms with Crippen molar-refractivity contribution in [3.63, 3.8) is 0 Å². The number of nitrogens with one attached hydrogen (secondary N) is 1. The van der Waals surface area contributed by atoms with E-state index in [2.05, 4.69) is 4.98 Å². The van der Waals surface area contributed by atoms with Crippen LogP contribution in [0, 0.1) is 0 Å². The van der Waals surface area contributed by atoms with Crippen LogP contribution >= 0.6 is 0 Å². The van der Waals surface area contributed by atoms with Crippen molar-refractivity contribution < 1.29 is 4.74 Å². The Morgan fingerprint density at radius 2 is 2.50 bits per heavy atom.